The van der Waals surface area contributed by atoms with E-state index in [-0.39, 0.29) is 5.41 Å². The Morgan fingerprint density at radius 2 is 2.19 bits per heavy atom. The first kappa shape index (κ1) is 13.7. The summed E-state index contributed by atoms with van der Waals surface area (Å²) in [6, 6.07) is 6.54. The summed E-state index contributed by atoms with van der Waals surface area (Å²) in [7, 11) is 1.73. The van der Waals surface area contributed by atoms with Crippen LogP contribution in [0.1, 0.15) is 44.1 Å². The molecular formula is C18H22O2S. The van der Waals surface area contributed by atoms with Gasteiger partial charge in [-0.05, 0) is 54.7 Å². The third-order valence-electron chi connectivity index (χ3n) is 6.20. The van der Waals surface area contributed by atoms with Crippen LogP contribution in [0.15, 0.2) is 23.1 Å². The summed E-state index contributed by atoms with van der Waals surface area (Å²) < 4.78 is 5.36. The molecule has 3 aliphatic rings. The minimum Gasteiger partial charge on any atom is -0.497 e. The first-order valence-electron chi connectivity index (χ1n) is 7.97. The highest BCUT2D eigenvalue weighted by Crippen LogP contribution is 2.60. The Hall–Kier alpha value is -0.960. The molecule has 4 rings (SSSR count). The number of methoxy groups -OCH3 is 1. The third kappa shape index (κ3) is 1.89. The van der Waals surface area contributed by atoms with Crippen LogP contribution < -0.4 is 4.74 Å². The molecule has 2 nitrogen and oxygen atoms in total. The minimum atomic E-state index is -0.0221. The average molecular weight is 302 g/mol. The molecule has 0 bridgehead atoms. The normalized spacial score (nSPS) is 37.6. The quantitative estimate of drug-likeness (QED) is 0.774. The van der Waals surface area contributed by atoms with E-state index in [1.165, 1.54) is 22.6 Å². The molecule has 1 aromatic carbocycles. The van der Waals surface area contributed by atoms with E-state index >= 15 is 0 Å². The fourth-order valence-corrected chi connectivity index (χ4v) is 6.36. The Morgan fingerprint density at radius 3 is 3.00 bits per heavy atom. The van der Waals surface area contributed by atoms with Gasteiger partial charge < -0.3 is 4.74 Å². The fraction of sp³-hybridized carbons (Fsp3) is 0.611. The molecule has 0 aromatic heterocycles. The molecule has 0 unspecified atom stereocenters. The Kier molecular flexibility index (Phi) is 3.11. The molecule has 0 amide bonds. The van der Waals surface area contributed by atoms with Crippen LogP contribution in [0.2, 0.25) is 0 Å². The van der Waals surface area contributed by atoms with Crippen LogP contribution in [0.5, 0.6) is 5.75 Å². The Bertz CT molecular complexity index is 597. The van der Waals surface area contributed by atoms with Gasteiger partial charge in [0.05, 0.1) is 7.11 Å². The van der Waals surface area contributed by atoms with Gasteiger partial charge in [-0.2, -0.15) is 0 Å². The maximum absolute atomic E-state index is 12.3. The number of carbonyl (C=O) groups is 1. The number of carbonyl (C=O) groups excluding carboxylic acids is 1. The van der Waals surface area contributed by atoms with E-state index in [2.05, 4.69) is 25.1 Å². The van der Waals surface area contributed by atoms with Crippen LogP contribution >= 0.6 is 11.8 Å². The number of hydrogen-bond donors (Lipinski definition) is 0. The Morgan fingerprint density at radius 1 is 1.33 bits per heavy atom. The standard InChI is InChI=1S/C18H22O2S/c1-18-8-7-12-13-4-3-11(20-2)9-16(13)21-10-14(12)15(18)5-6-17(18)19/h3-4,9,12,14-15H,5-8,10H2,1-2H3/t12-,14-,15+,18-/m1/s1. The molecule has 3 heteroatoms. The number of thioether (sulfide) groups is 1. The zero-order valence-corrected chi connectivity index (χ0v) is 13.5. The number of benzene rings is 1. The average Bonchev–Trinajstić information content (AvgIpc) is 2.82. The van der Waals surface area contributed by atoms with Crippen molar-refractivity contribution in [3.05, 3.63) is 23.8 Å². The van der Waals surface area contributed by atoms with Gasteiger partial charge in [0.15, 0.2) is 0 Å². The van der Waals surface area contributed by atoms with E-state index in [1.807, 2.05) is 11.8 Å². The predicted molar refractivity (Wildman–Crippen MR) is 85.0 cm³/mol. The summed E-state index contributed by atoms with van der Waals surface area (Å²) >= 11 is 1.96. The van der Waals surface area contributed by atoms with Gasteiger partial charge >= 0.3 is 0 Å². The molecule has 2 fully saturated rings. The third-order valence-corrected chi connectivity index (χ3v) is 7.41. The highest BCUT2D eigenvalue weighted by molar-refractivity contribution is 7.99. The lowest BCUT2D eigenvalue weighted by Gasteiger charge is -2.47. The highest BCUT2D eigenvalue weighted by Gasteiger charge is 2.54. The summed E-state index contributed by atoms with van der Waals surface area (Å²) in [6.45, 7) is 2.23. The summed E-state index contributed by atoms with van der Waals surface area (Å²) in [6.07, 6.45) is 4.17. The SMILES string of the molecule is COc1ccc2c(c1)SC[C@@H]1[C@@H]2CC[C@@]2(C)C(=O)CC[C@@H]12. The summed E-state index contributed by atoms with van der Waals surface area (Å²) in [5, 5.41) is 0. The van der Waals surface area contributed by atoms with Crippen LogP contribution in [0.25, 0.3) is 0 Å². The zero-order chi connectivity index (χ0) is 14.6. The van der Waals surface area contributed by atoms with E-state index in [9.17, 15) is 4.79 Å². The first-order valence-corrected chi connectivity index (χ1v) is 8.96. The van der Waals surface area contributed by atoms with Gasteiger partial charge in [0, 0.05) is 22.5 Å². The fourth-order valence-electron chi connectivity index (χ4n) is 4.94. The van der Waals surface area contributed by atoms with Crippen molar-refractivity contribution in [2.45, 2.75) is 43.4 Å². The minimum absolute atomic E-state index is 0.0221. The molecule has 112 valence electrons. The van der Waals surface area contributed by atoms with Crippen LogP contribution in [0.4, 0.5) is 0 Å². The van der Waals surface area contributed by atoms with Crippen LogP contribution in [-0.4, -0.2) is 18.6 Å². The number of Topliss-reactive ketones (excluding diaryl/α,β-unsaturated/α-hetero) is 1. The number of rotatable bonds is 1. The maximum atomic E-state index is 12.3. The molecule has 0 radical (unpaired) electrons. The number of fused-ring (bicyclic) bond motifs is 5. The second-order valence-corrected chi connectivity index (χ2v) is 8.07. The van der Waals surface area contributed by atoms with E-state index in [1.54, 1.807) is 7.11 Å². The largest absolute Gasteiger partial charge is 0.497 e. The zero-order valence-electron chi connectivity index (χ0n) is 12.7. The van der Waals surface area contributed by atoms with Gasteiger partial charge in [0.2, 0.25) is 0 Å². The smallest absolute Gasteiger partial charge is 0.139 e. The number of ether oxygens (including phenoxy) is 1. The van der Waals surface area contributed by atoms with Crippen molar-refractivity contribution in [2.24, 2.45) is 17.3 Å². The molecule has 0 N–H and O–H groups in total. The van der Waals surface area contributed by atoms with Crippen molar-refractivity contribution >= 4 is 17.5 Å². The molecule has 4 atom stereocenters. The van der Waals surface area contributed by atoms with Crippen molar-refractivity contribution in [2.75, 3.05) is 12.9 Å². The molecular weight excluding hydrogens is 280 g/mol. The van der Waals surface area contributed by atoms with Crippen molar-refractivity contribution in [3.8, 4) is 5.75 Å². The van der Waals surface area contributed by atoms with E-state index in [4.69, 9.17) is 4.74 Å². The molecule has 21 heavy (non-hydrogen) atoms. The van der Waals surface area contributed by atoms with E-state index in [0.717, 1.165) is 25.0 Å². The van der Waals surface area contributed by atoms with Gasteiger partial charge in [-0.3, -0.25) is 4.79 Å². The summed E-state index contributed by atoms with van der Waals surface area (Å²) in [5.41, 5.74) is 1.48. The Balaban J connectivity index is 1.70. The van der Waals surface area contributed by atoms with Crippen LogP contribution in [0, 0.1) is 17.3 Å². The molecule has 0 spiro atoms. The predicted octanol–water partition coefficient (Wildman–Crippen LogP) is 4.28. The molecule has 2 aliphatic carbocycles. The van der Waals surface area contributed by atoms with Gasteiger partial charge in [0.1, 0.15) is 11.5 Å². The van der Waals surface area contributed by atoms with Crippen molar-refractivity contribution in [1.29, 1.82) is 0 Å². The van der Waals surface area contributed by atoms with Crippen molar-refractivity contribution in [3.63, 3.8) is 0 Å². The lowest BCUT2D eigenvalue weighted by molar-refractivity contribution is -0.128. The molecule has 1 aromatic rings. The van der Waals surface area contributed by atoms with Crippen LogP contribution in [0.3, 0.4) is 0 Å². The topological polar surface area (TPSA) is 26.3 Å². The molecule has 0 saturated heterocycles. The van der Waals surface area contributed by atoms with Crippen LogP contribution in [-0.2, 0) is 4.79 Å². The van der Waals surface area contributed by atoms with E-state index < -0.39 is 0 Å². The van der Waals surface area contributed by atoms with Gasteiger partial charge in [-0.1, -0.05) is 13.0 Å². The summed E-state index contributed by atoms with van der Waals surface area (Å²) in [5.74, 6) is 4.58. The van der Waals surface area contributed by atoms with Crippen molar-refractivity contribution in [1.82, 2.24) is 0 Å². The van der Waals surface area contributed by atoms with E-state index in [0.29, 0.717) is 23.5 Å². The monoisotopic (exact) mass is 302 g/mol. The Labute approximate surface area is 130 Å². The second-order valence-electron chi connectivity index (χ2n) is 7.01. The first-order chi connectivity index (χ1) is 10.1. The lowest BCUT2D eigenvalue weighted by atomic mass is 9.59. The van der Waals surface area contributed by atoms with Crippen molar-refractivity contribution < 1.29 is 9.53 Å². The highest BCUT2D eigenvalue weighted by atomic mass is 32.2. The maximum Gasteiger partial charge on any atom is 0.139 e. The van der Waals surface area contributed by atoms with Gasteiger partial charge in [-0.25, -0.2) is 0 Å². The summed E-state index contributed by atoms with van der Waals surface area (Å²) in [4.78, 5) is 13.7. The number of ketones is 1. The second kappa shape index (κ2) is 4.77. The molecule has 2 saturated carbocycles. The van der Waals surface area contributed by atoms with Gasteiger partial charge in [-0.15, -0.1) is 11.8 Å². The lowest BCUT2D eigenvalue weighted by Crippen LogP contribution is -2.42. The molecule has 1 heterocycles. The number of hydrogen-bond acceptors (Lipinski definition) is 3. The molecule has 1 aliphatic heterocycles. The van der Waals surface area contributed by atoms with Gasteiger partial charge in [0.25, 0.3) is 0 Å².